The van der Waals surface area contributed by atoms with Crippen molar-refractivity contribution in [2.45, 2.75) is 6.54 Å². The number of halogens is 2. The zero-order valence-electron chi connectivity index (χ0n) is 15.2. The number of carbonyl (C=O) groups is 1. The van der Waals surface area contributed by atoms with Crippen LogP contribution in [0.1, 0.15) is 16.1 Å². The van der Waals surface area contributed by atoms with E-state index in [1.54, 1.807) is 30.5 Å². The number of pyridine rings is 1. The number of rotatable bonds is 5. The minimum Gasteiger partial charge on any atom is -0.382 e. The molecule has 5 N–H and O–H groups in total. The van der Waals surface area contributed by atoms with Gasteiger partial charge in [0.1, 0.15) is 23.1 Å². The Bertz CT molecular complexity index is 1200. The number of nitrogens with one attached hydrogen (secondary N) is 3. The Morgan fingerprint density at radius 1 is 1.10 bits per heavy atom. The number of nitrogens with zero attached hydrogens (tertiary/aromatic N) is 1. The summed E-state index contributed by atoms with van der Waals surface area (Å²) < 4.78 is 27.5. The van der Waals surface area contributed by atoms with Crippen LogP contribution in [0, 0.1) is 11.6 Å². The zero-order chi connectivity index (χ0) is 20.4. The molecule has 0 aliphatic rings. The molecule has 0 radical (unpaired) electrons. The number of aromatic amines is 1. The molecule has 4 rings (SSSR count). The molecule has 146 valence electrons. The van der Waals surface area contributed by atoms with E-state index in [-0.39, 0.29) is 18.1 Å². The van der Waals surface area contributed by atoms with Gasteiger partial charge in [0.25, 0.3) is 5.91 Å². The molecule has 8 heteroatoms. The molecule has 4 aromatic rings. The first-order valence-electron chi connectivity index (χ1n) is 8.82. The van der Waals surface area contributed by atoms with E-state index in [1.807, 2.05) is 0 Å². The minimum atomic E-state index is -0.418. The SMILES string of the molecule is Nc1ncccc1NCc1cc(NC(=O)c2cc3cc(F)ccc3[nH]2)ccc1F. The van der Waals surface area contributed by atoms with E-state index in [2.05, 4.69) is 20.6 Å². The molecular weight excluding hydrogens is 376 g/mol. The van der Waals surface area contributed by atoms with Gasteiger partial charge in [-0.1, -0.05) is 0 Å². The molecule has 0 unspecified atom stereocenters. The molecule has 6 nitrogen and oxygen atoms in total. The highest BCUT2D eigenvalue weighted by Gasteiger charge is 2.12. The second-order valence-electron chi connectivity index (χ2n) is 6.46. The maximum absolute atomic E-state index is 14.2. The zero-order valence-corrected chi connectivity index (χ0v) is 15.2. The summed E-state index contributed by atoms with van der Waals surface area (Å²) in [5.41, 5.74) is 8.07. The number of anilines is 3. The smallest absolute Gasteiger partial charge is 0.272 e. The van der Waals surface area contributed by atoms with Crippen LogP contribution in [0.25, 0.3) is 10.9 Å². The molecule has 0 saturated heterocycles. The van der Waals surface area contributed by atoms with Crippen LogP contribution in [0.2, 0.25) is 0 Å². The summed E-state index contributed by atoms with van der Waals surface area (Å²) in [4.78, 5) is 19.4. The molecule has 2 heterocycles. The average Bonchev–Trinajstić information content (AvgIpc) is 3.13. The van der Waals surface area contributed by atoms with E-state index in [1.165, 1.54) is 30.3 Å². The first kappa shape index (κ1) is 18.4. The number of hydrogen-bond acceptors (Lipinski definition) is 4. The van der Waals surface area contributed by atoms with Gasteiger partial charge in [0.15, 0.2) is 0 Å². The van der Waals surface area contributed by atoms with Gasteiger partial charge in [0.05, 0.1) is 5.69 Å². The molecule has 1 amide bonds. The molecule has 29 heavy (non-hydrogen) atoms. The molecule has 2 aromatic carbocycles. The fraction of sp³-hybridized carbons (Fsp3) is 0.0476. The monoisotopic (exact) mass is 393 g/mol. The quantitative estimate of drug-likeness (QED) is 0.407. The second-order valence-corrected chi connectivity index (χ2v) is 6.46. The van der Waals surface area contributed by atoms with Gasteiger partial charge in [0.2, 0.25) is 0 Å². The molecular formula is C21H17F2N5O. The van der Waals surface area contributed by atoms with Gasteiger partial charge >= 0.3 is 0 Å². The Morgan fingerprint density at radius 3 is 2.79 bits per heavy atom. The molecule has 0 atom stereocenters. The van der Waals surface area contributed by atoms with E-state index in [9.17, 15) is 13.6 Å². The van der Waals surface area contributed by atoms with Gasteiger partial charge < -0.3 is 21.4 Å². The Balaban J connectivity index is 1.50. The van der Waals surface area contributed by atoms with Crippen LogP contribution in [0.15, 0.2) is 60.8 Å². The number of benzene rings is 2. The van der Waals surface area contributed by atoms with E-state index in [0.717, 1.165) is 0 Å². The Hall–Kier alpha value is -3.94. The Kier molecular flexibility index (Phi) is 4.82. The van der Waals surface area contributed by atoms with Crippen LogP contribution in [0.4, 0.5) is 26.0 Å². The Morgan fingerprint density at radius 2 is 1.97 bits per heavy atom. The average molecular weight is 393 g/mol. The molecule has 0 fully saturated rings. The number of amides is 1. The van der Waals surface area contributed by atoms with Crippen molar-refractivity contribution in [3.8, 4) is 0 Å². The van der Waals surface area contributed by atoms with Crippen molar-refractivity contribution in [3.05, 3.63) is 83.7 Å². The van der Waals surface area contributed by atoms with Crippen LogP contribution in [-0.2, 0) is 6.54 Å². The number of aromatic nitrogens is 2. The fourth-order valence-corrected chi connectivity index (χ4v) is 2.97. The van der Waals surface area contributed by atoms with Gasteiger partial charge in [-0.2, -0.15) is 0 Å². The third kappa shape index (κ3) is 4.01. The van der Waals surface area contributed by atoms with Gasteiger partial charge in [-0.05, 0) is 54.6 Å². The number of hydrogen-bond donors (Lipinski definition) is 4. The van der Waals surface area contributed by atoms with E-state index >= 15 is 0 Å². The van der Waals surface area contributed by atoms with Crippen molar-refractivity contribution in [3.63, 3.8) is 0 Å². The highest BCUT2D eigenvalue weighted by atomic mass is 19.1. The van der Waals surface area contributed by atoms with Crippen LogP contribution in [0.5, 0.6) is 0 Å². The van der Waals surface area contributed by atoms with Crippen molar-refractivity contribution in [2.24, 2.45) is 0 Å². The van der Waals surface area contributed by atoms with Gasteiger partial charge in [-0.15, -0.1) is 0 Å². The minimum absolute atomic E-state index is 0.164. The lowest BCUT2D eigenvalue weighted by Gasteiger charge is -2.11. The number of carbonyl (C=O) groups excluding carboxylic acids is 1. The number of fused-ring (bicyclic) bond motifs is 1. The van der Waals surface area contributed by atoms with E-state index in [0.29, 0.717) is 33.7 Å². The van der Waals surface area contributed by atoms with Crippen molar-refractivity contribution >= 4 is 34.0 Å². The molecule has 0 aliphatic carbocycles. The first-order valence-corrected chi connectivity index (χ1v) is 8.82. The van der Waals surface area contributed by atoms with Crippen molar-refractivity contribution in [1.82, 2.24) is 9.97 Å². The summed E-state index contributed by atoms with van der Waals surface area (Å²) in [6, 6.07) is 13.5. The maximum atomic E-state index is 14.2. The summed E-state index contributed by atoms with van der Waals surface area (Å²) in [5, 5.41) is 6.33. The van der Waals surface area contributed by atoms with Crippen molar-refractivity contribution in [2.75, 3.05) is 16.4 Å². The number of nitrogen functional groups attached to an aromatic ring is 1. The van der Waals surface area contributed by atoms with E-state index < -0.39 is 11.7 Å². The standard InChI is InChI=1S/C21H17F2N5O/c22-14-3-6-17-12(8-14)10-19(28-17)21(29)27-15-4-5-16(23)13(9-15)11-26-18-2-1-7-25-20(18)24/h1-10,26,28H,11H2,(H2,24,25)(H,27,29). The first-order chi connectivity index (χ1) is 14.0. The fourth-order valence-electron chi connectivity index (χ4n) is 2.97. The van der Waals surface area contributed by atoms with Gasteiger partial charge in [-0.3, -0.25) is 4.79 Å². The van der Waals surface area contributed by atoms with Gasteiger partial charge in [0, 0.05) is 34.9 Å². The van der Waals surface area contributed by atoms with Crippen LogP contribution in [0.3, 0.4) is 0 Å². The summed E-state index contributed by atoms with van der Waals surface area (Å²) in [7, 11) is 0. The van der Waals surface area contributed by atoms with Crippen LogP contribution < -0.4 is 16.4 Å². The Labute approximate surface area is 164 Å². The van der Waals surface area contributed by atoms with Gasteiger partial charge in [-0.25, -0.2) is 13.8 Å². The lowest BCUT2D eigenvalue weighted by atomic mass is 10.1. The van der Waals surface area contributed by atoms with Crippen molar-refractivity contribution in [1.29, 1.82) is 0 Å². The molecule has 2 aromatic heterocycles. The summed E-state index contributed by atoms with van der Waals surface area (Å²) in [5.74, 6) is -0.899. The molecule has 0 bridgehead atoms. The predicted octanol–water partition coefficient (Wildman–Crippen LogP) is 4.29. The highest BCUT2D eigenvalue weighted by molar-refractivity contribution is 6.05. The lowest BCUT2D eigenvalue weighted by molar-refractivity contribution is 0.102. The van der Waals surface area contributed by atoms with E-state index in [4.69, 9.17) is 5.73 Å². The topological polar surface area (TPSA) is 95.8 Å². The second kappa shape index (κ2) is 7.59. The van der Waals surface area contributed by atoms with Crippen LogP contribution >= 0.6 is 0 Å². The number of nitrogens with two attached hydrogens (primary N) is 1. The predicted molar refractivity (Wildman–Crippen MR) is 109 cm³/mol. The lowest BCUT2D eigenvalue weighted by Crippen LogP contribution is -2.13. The highest BCUT2D eigenvalue weighted by Crippen LogP contribution is 2.21. The molecule has 0 saturated carbocycles. The summed E-state index contributed by atoms with van der Waals surface area (Å²) in [6.45, 7) is 0.164. The molecule has 0 spiro atoms. The van der Waals surface area contributed by atoms with Crippen molar-refractivity contribution < 1.29 is 13.6 Å². The summed E-state index contributed by atoms with van der Waals surface area (Å²) in [6.07, 6.45) is 1.57. The van der Waals surface area contributed by atoms with Crippen LogP contribution in [-0.4, -0.2) is 15.9 Å². The summed E-state index contributed by atoms with van der Waals surface area (Å²) >= 11 is 0. The third-order valence-corrected chi connectivity index (χ3v) is 4.44. The normalized spacial score (nSPS) is 10.8. The maximum Gasteiger partial charge on any atom is 0.272 e. The largest absolute Gasteiger partial charge is 0.382 e. The number of H-pyrrole nitrogens is 1. The third-order valence-electron chi connectivity index (χ3n) is 4.44. The molecule has 0 aliphatic heterocycles.